The topological polar surface area (TPSA) is 51.2 Å². The molecule has 0 saturated heterocycles. The summed E-state index contributed by atoms with van der Waals surface area (Å²) in [5.41, 5.74) is 4.03. The second-order valence-electron chi connectivity index (χ2n) is 7.15. The number of hydrogen-bond acceptors (Lipinski definition) is 3. The molecule has 3 aromatic rings. The quantitative estimate of drug-likeness (QED) is 0.751. The van der Waals surface area contributed by atoms with Crippen molar-refractivity contribution in [3.05, 3.63) is 65.4 Å². The number of pyridine rings is 1. The van der Waals surface area contributed by atoms with Crippen LogP contribution in [0.25, 0.3) is 10.9 Å². The number of carbonyl (C=O) groups excluding carboxylic acids is 1. The lowest BCUT2D eigenvalue weighted by atomic mass is 10.0. The Morgan fingerprint density at radius 1 is 1.16 bits per heavy atom. The number of carbonyl (C=O) groups is 1. The number of hydrogen-bond donors (Lipinski definition) is 1. The van der Waals surface area contributed by atoms with Crippen LogP contribution in [0.4, 0.5) is 5.69 Å². The van der Waals surface area contributed by atoms with Gasteiger partial charge in [0.25, 0.3) is 5.91 Å². The van der Waals surface area contributed by atoms with E-state index in [4.69, 9.17) is 4.74 Å². The molecule has 4 rings (SSSR count). The number of benzene rings is 2. The fourth-order valence-corrected chi connectivity index (χ4v) is 3.30. The molecule has 0 radical (unpaired) electrons. The third kappa shape index (κ3) is 2.95. The van der Waals surface area contributed by atoms with Crippen LogP contribution in [0.5, 0.6) is 5.75 Å². The van der Waals surface area contributed by atoms with Crippen molar-refractivity contribution in [2.75, 3.05) is 5.32 Å². The lowest BCUT2D eigenvalue weighted by molar-refractivity contribution is 0.101. The summed E-state index contributed by atoms with van der Waals surface area (Å²) in [6.07, 6.45) is 0.810. The molecular weight excluding hydrogens is 312 g/mol. The third-order valence-electron chi connectivity index (χ3n) is 4.42. The number of rotatable bonds is 2. The normalized spacial score (nSPS) is 14.8. The molecule has 2 aromatic carbocycles. The predicted molar refractivity (Wildman–Crippen MR) is 99.3 cm³/mol. The van der Waals surface area contributed by atoms with Gasteiger partial charge in [0.2, 0.25) is 0 Å². The fraction of sp³-hybridized carbons (Fsp3) is 0.238. The number of para-hydroxylation sites is 1. The van der Waals surface area contributed by atoms with E-state index in [0.29, 0.717) is 11.3 Å². The summed E-state index contributed by atoms with van der Waals surface area (Å²) in [7, 11) is 0. The van der Waals surface area contributed by atoms with Crippen molar-refractivity contribution in [2.24, 2.45) is 0 Å². The molecule has 25 heavy (non-hydrogen) atoms. The first-order valence-electron chi connectivity index (χ1n) is 8.41. The minimum Gasteiger partial charge on any atom is -0.486 e. The Labute approximate surface area is 146 Å². The fourth-order valence-electron chi connectivity index (χ4n) is 3.30. The van der Waals surface area contributed by atoms with E-state index in [9.17, 15) is 4.79 Å². The van der Waals surface area contributed by atoms with Gasteiger partial charge < -0.3 is 10.1 Å². The molecule has 0 aliphatic carbocycles. The van der Waals surface area contributed by atoms with Gasteiger partial charge in [0.1, 0.15) is 11.4 Å². The van der Waals surface area contributed by atoms with Crippen LogP contribution in [0.1, 0.15) is 35.5 Å². The van der Waals surface area contributed by atoms with Gasteiger partial charge in [-0.2, -0.15) is 0 Å². The maximum atomic E-state index is 12.8. The van der Waals surface area contributed by atoms with E-state index in [0.717, 1.165) is 34.3 Å². The average molecular weight is 332 g/mol. The van der Waals surface area contributed by atoms with Gasteiger partial charge in [-0.15, -0.1) is 0 Å². The van der Waals surface area contributed by atoms with Crippen LogP contribution in [-0.4, -0.2) is 16.5 Å². The number of amides is 1. The highest BCUT2D eigenvalue weighted by Gasteiger charge is 2.33. The van der Waals surface area contributed by atoms with E-state index in [2.05, 4.69) is 10.3 Å². The minimum absolute atomic E-state index is 0.158. The van der Waals surface area contributed by atoms with Gasteiger partial charge in [-0.3, -0.25) is 9.78 Å². The first-order chi connectivity index (χ1) is 11.9. The smallest absolute Gasteiger partial charge is 0.259 e. The second-order valence-corrected chi connectivity index (χ2v) is 7.15. The highest BCUT2D eigenvalue weighted by Crippen LogP contribution is 2.37. The molecule has 4 heteroatoms. The highest BCUT2D eigenvalue weighted by atomic mass is 16.5. The summed E-state index contributed by atoms with van der Waals surface area (Å²) in [5.74, 6) is 0.539. The Morgan fingerprint density at radius 3 is 2.84 bits per heavy atom. The summed E-state index contributed by atoms with van der Waals surface area (Å²) in [4.78, 5) is 17.3. The number of aromatic nitrogens is 1. The summed E-state index contributed by atoms with van der Waals surface area (Å²) in [6, 6.07) is 15.5. The Morgan fingerprint density at radius 2 is 2.00 bits per heavy atom. The Hall–Kier alpha value is -2.88. The van der Waals surface area contributed by atoms with Gasteiger partial charge in [-0.05, 0) is 56.7 Å². The van der Waals surface area contributed by atoms with Gasteiger partial charge >= 0.3 is 0 Å². The number of aryl methyl sites for hydroxylation is 1. The van der Waals surface area contributed by atoms with E-state index in [1.807, 2.05) is 69.3 Å². The molecule has 1 amide bonds. The number of nitrogens with zero attached hydrogens (tertiary/aromatic N) is 1. The molecule has 0 atom stereocenters. The highest BCUT2D eigenvalue weighted by molar-refractivity contribution is 6.07. The SMILES string of the molecule is Cc1ccc2cc(NC(=O)c3cccc4c3OC(C)(C)C4)ccc2n1. The zero-order valence-electron chi connectivity index (χ0n) is 14.6. The molecule has 2 heterocycles. The maximum absolute atomic E-state index is 12.8. The zero-order chi connectivity index (χ0) is 17.6. The van der Waals surface area contributed by atoms with Crippen molar-refractivity contribution < 1.29 is 9.53 Å². The number of ether oxygens (including phenoxy) is 1. The molecule has 0 unspecified atom stereocenters. The molecular formula is C21H20N2O2. The number of nitrogens with one attached hydrogen (secondary N) is 1. The van der Waals surface area contributed by atoms with E-state index in [1.165, 1.54) is 0 Å². The molecule has 0 spiro atoms. The molecule has 0 saturated carbocycles. The molecule has 0 fully saturated rings. The maximum Gasteiger partial charge on any atom is 0.259 e. The van der Waals surface area contributed by atoms with Crippen molar-refractivity contribution in [3.63, 3.8) is 0 Å². The van der Waals surface area contributed by atoms with Crippen LogP contribution in [0, 0.1) is 6.92 Å². The summed E-state index contributed by atoms with van der Waals surface area (Å²) in [6.45, 7) is 6.03. The third-order valence-corrected chi connectivity index (χ3v) is 4.42. The molecule has 1 aliphatic heterocycles. The van der Waals surface area contributed by atoms with Crippen molar-refractivity contribution in [1.29, 1.82) is 0 Å². The van der Waals surface area contributed by atoms with Crippen LogP contribution < -0.4 is 10.1 Å². The first-order valence-corrected chi connectivity index (χ1v) is 8.41. The van der Waals surface area contributed by atoms with Gasteiger partial charge in [0, 0.05) is 23.2 Å². The molecule has 1 N–H and O–H groups in total. The van der Waals surface area contributed by atoms with Crippen LogP contribution in [0.3, 0.4) is 0 Å². The lowest BCUT2D eigenvalue weighted by Crippen LogP contribution is -2.25. The Bertz CT molecular complexity index is 992. The largest absolute Gasteiger partial charge is 0.486 e. The summed E-state index contributed by atoms with van der Waals surface area (Å²) >= 11 is 0. The van der Waals surface area contributed by atoms with E-state index < -0.39 is 0 Å². The standard InChI is InChI=1S/C21H20N2O2/c1-13-7-8-14-11-16(9-10-18(14)22-13)23-20(24)17-6-4-5-15-12-21(2,3)25-19(15)17/h4-11H,12H2,1-3H3,(H,23,24). The first kappa shape index (κ1) is 15.6. The summed E-state index contributed by atoms with van der Waals surface area (Å²) < 4.78 is 6.00. The van der Waals surface area contributed by atoms with Crippen molar-refractivity contribution in [3.8, 4) is 5.75 Å². The Balaban J connectivity index is 1.63. The number of fused-ring (bicyclic) bond motifs is 2. The summed E-state index contributed by atoms with van der Waals surface area (Å²) in [5, 5.41) is 3.97. The van der Waals surface area contributed by atoms with Gasteiger partial charge in [-0.1, -0.05) is 18.2 Å². The average Bonchev–Trinajstić information content (AvgIpc) is 2.88. The van der Waals surface area contributed by atoms with Gasteiger partial charge in [0.05, 0.1) is 11.1 Å². The van der Waals surface area contributed by atoms with Crippen molar-refractivity contribution in [1.82, 2.24) is 4.98 Å². The predicted octanol–water partition coefficient (Wildman–Crippen LogP) is 4.51. The Kier molecular flexibility index (Phi) is 3.49. The van der Waals surface area contributed by atoms with E-state index in [1.54, 1.807) is 0 Å². The van der Waals surface area contributed by atoms with E-state index >= 15 is 0 Å². The second kappa shape index (κ2) is 5.59. The van der Waals surface area contributed by atoms with Crippen LogP contribution in [0.15, 0.2) is 48.5 Å². The minimum atomic E-state index is -0.273. The van der Waals surface area contributed by atoms with Gasteiger partial charge in [-0.25, -0.2) is 0 Å². The van der Waals surface area contributed by atoms with Crippen LogP contribution in [-0.2, 0) is 6.42 Å². The molecule has 4 nitrogen and oxygen atoms in total. The van der Waals surface area contributed by atoms with Crippen LogP contribution >= 0.6 is 0 Å². The zero-order valence-corrected chi connectivity index (χ0v) is 14.6. The molecule has 126 valence electrons. The van der Waals surface area contributed by atoms with Crippen molar-refractivity contribution >= 4 is 22.5 Å². The van der Waals surface area contributed by atoms with E-state index in [-0.39, 0.29) is 11.5 Å². The van der Waals surface area contributed by atoms with Crippen LogP contribution in [0.2, 0.25) is 0 Å². The number of anilines is 1. The molecule has 1 aliphatic rings. The lowest BCUT2D eigenvalue weighted by Gasteiger charge is -2.18. The monoisotopic (exact) mass is 332 g/mol. The van der Waals surface area contributed by atoms with Crippen molar-refractivity contribution in [2.45, 2.75) is 32.8 Å². The molecule has 0 bridgehead atoms. The molecule has 1 aromatic heterocycles. The van der Waals surface area contributed by atoms with Gasteiger partial charge in [0.15, 0.2) is 0 Å².